The molecule has 0 unspecified atom stereocenters. The molecule has 0 aliphatic rings. The third kappa shape index (κ3) is 4.08. The van der Waals surface area contributed by atoms with E-state index in [1.807, 2.05) is 31.2 Å². The van der Waals surface area contributed by atoms with Crippen LogP contribution >= 0.6 is 0 Å². The third-order valence-corrected chi connectivity index (χ3v) is 4.00. The smallest absolute Gasteiger partial charge is 0.342 e. The van der Waals surface area contributed by atoms with Gasteiger partial charge in [-0.2, -0.15) is 0 Å². The van der Waals surface area contributed by atoms with Gasteiger partial charge in [0, 0.05) is 11.6 Å². The second-order valence-corrected chi connectivity index (χ2v) is 5.93. The maximum atomic E-state index is 12.5. The van der Waals surface area contributed by atoms with Crippen LogP contribution in [0.1, 0.15) is 34.8 Å². The Labute approximate surface area is 156 Å². The predicted molar refractivity (Wildman–Crippen MR) is 97.8 cm³/mol. The lowest BCUT2D eigenvalue weighted by molar-refractivity contribution is 0.0276. The normalized spacial score (nSPS) is 11.7. The largest absolute Gasteiger partial charge is 0.497 e. The number of aromatic nitrogens is 2. The summed E-state index contributed by atoms with van der Waals surface area (Å²) in [5, 5.41) is 8.01. The first-order valence-corrected chi connectivity index (χ1v) is 8.35. The number of methoxy groups -OCH3 is 2. The number of rotatable bonds is 6. The number of carbonyl (C=O) groups is 1. The van der Waals surface area contributed by atoms with E-state index in [-0.39, 0.29) is 11.5 Å². The number of carbonyl (C=O) groups excluding carboxylic acids is 1. The summed E-state index contributed by atoms with van der Waals surface area (Å²) in [5.74, 6) is 0.965. The van der Waals surface area contributed by atoms with Crippen LogP contribution in [0.2, 0.25) is 0 Å². The molecule has 140 valence electrons. The van der Waals surface area contributed by atoms with E-state index in [9.17, 15) is 4.79 Å². The van der Waals surface area contributed by atoms with Gasteiger partial charge in [-0.1, -0.05) is 17.7 Å². The summed E-state index contributed by atoms with van der Waals surface area (Å²) in [6.45, 7) is 3.67. The summed E-state index contributed by atoms with van der Waals surface area (Å²) in [6, 6.07) is 12.6. The lowest BCUT2D eigenvalue weighted by Crippen LogP contribution is -2.11. The minimum atomic E-state index is -0.712. The Morgan fingerprint density at radius 2 is 1.78 bits per heavy atom. The Kier molecular flexibility index (Phi) is 5.40. The highest BCUT2D eigenvalue weighted by Gasteiger charge is 2.22. The van der Waals surface area contributed by atoms with E-state index < -0.39 is 12.1 Å². The van der Waals surface area contributed by atoms with E-state index >= 15 is 0 Å². The quantitative estimate of drug-likeness (QED) is 0.609. The zero-order chi connectivity index (χ0) is 19.4. The fourth-order valence-electron chi connectivity index (χ4n) is 2.45. The van der Waals surface area contributed by atoms with E-state index in [1.54, 1.807) is 25.1 Å². The minimum absolute atomic E-state index is 0.214. The first kappa shape index (κ1) is 18.4. The van der Waals surface area contributed by atoms with Crippen molar-refractivity contribution in [1.82, 2.24) is 10.2 Å². The summed E-state index contributed by atoms with van der Waals surface area (Å²) in [6.07, 6.45) is -0.712. The van der Waals surface area contributed by atoms with Gasteiger partial charge in [-0.15, -0.1) is 10.2 Å². The summed E-state index contributed by atoms with van der Waals surface area (Å²) >= 11 is 0. The lowest BCUT2D eigenvalue weighted by Gasteiger charge is -2.12. The fourth-order valence-corrected chi connectivity index (χ4v) is 2.45. The van der Waals surface area contributed by atoms with Gasteiger partial charge < -0.3 is 18.6 Å². The van der Waals surface area contributed by atoms with Gasteiger partial charge in [-0.25, -0.2) is 4.79 Å². The molecule has 0 saturated heterocycles. The Hall–Kier alpha value is -3.35. The Balaban J connectivity index is 1.75. The van der Waals surface area contributed by atoms with Crippen molar-refractivity contribution in [2.24, 2.45) is 0 Å². The highest BCUT2D eigenvalue weighted by molar-refractivity contribution is 5.92. The summed E-state index contributed by atoms with van der Waals surface area (Å²) in [5.41, 5.74) is 2.22. The van der Waals surface area contributed by atoms with Crippen molar-refractivity contribution in [3.8, 4) is 23.0 Å². The molecule has 3 rings (SSSR count). The summed E-state index contributed by atoms with van der Waals surface area (Å²) < 4.78 is 21.5. The van der Waals surface area contributed by atoms with Crippen LogP contribution in [0.4, 0.5) is 0 Å². The lowest BCUT2D eigenvalue weighted by atomic mass is 10.1. The second kappa shape index (κ2) is 7.90. The van der Waals surface area contributed by atoms with E-state index in [4.69, 9.17) is 18.6 Å². The van der Waals surface area contributed by atoms with Crippen LogP contribution in [-0.2, 0) is 4.74 Å². The van der Waals surface area contributed by atoms with Crippen LogP contribution < -0.4 is 9.47 Å². The molecular formula is C20H20N2O5. The van der Waals surface area contributed by atoms with Gasteiger partial charge in [0.15, 0.2) is 6.10 Å². The molecule has 0 spiro atoms. The van der Waals surface area contributed by atoms with Gasteiger partial charge in [-0.05, 0) is 38.1 Å². The average molecular weight is 368 g/mol. The molecule has 27 heavy (non-hydrogen) atoms. The second-order valence-electron chi connectivity index (χ2n) is 5.93. The molecule has 0 aliphatic heterocycles. The number of hydrogen-bond donors (Lipinski definition) is 0. The van der Waals surface area contributed by atoms with Gasteiger partial charge in [-0.3, -0.25) is 0 Å². The highest BCUT2D eigenvalue weighted by atomic mass is 16.6. The molecule has 7 heteroatoms. The van der Waals surface area contributed by atoms with E-state index in [2.05, 4.69) is 10.2 Å². The van der Waals surface area contributed by atoms with Crippen molar-refractivity contribution in [2.45, 2.75) is 20.0 Å². The summed E-state index contributed by atoms with van der Waals surface area (Å²) in [7, 11) is 3.01. The van der Waals surface area contributed by atoms with Crippen molar-refractivity contribution in [1.29, 1.82) is 0 Å². The van der Waals surface area contributed by atoms with E-state index in [0.717, 1.165) is 11.1 Å². The van der Waals surface area contributed by atoms with Crippen LogP contribution in [0.5, 0.6) is 11.5 Å². The van der Waals surface area contributed by atoms with E-state index in [1.165, 1.54) is 14.2 Å². The molecule has 0 aliphatic carbocycles. The SMILES string of the molecule is COc1ccc(C(=O)O[C@@H](C)c2nnc(-c3ccc(C)cc3)o2)c(OC)c1. The maximum Gasteiger partial charge on any atom is 0.342 e. The van der Waals surface area contributed by atoms with Crippen LogP contribution in [0.15, 0.2) is 46.9 Å². The number of esters is 1. The van der Waals surface area contributed by atoms with Crippen molar-refractivity contribution in [3.05, 3.63) is 59.5 Å². The number of hydrogen-bond acceptors (Lipinski definition) is 7. The molecule has 0 N–H and O–H groups in total. The van der Waals surface area contributed by atoms with Crippen molar-refractivity contribution >= 4 is 5.97 Å². The number of benzene rings is 2. The third-order valence-electron chi connectivity index (χ3n) is 4.00. The topological polar surface area (TPSA) is 83.7 Å². The Bertz CT molecular complexity index is 934. The molecule has 2 aromatic carbocycles. The van der Waals surface area contributed by atoms with Crippen molar-refractivity contribution in [3.63, 3.8) is 0 Å². The Morgan fingerprint density at radius 3 is 2.44 bits per heavy atom. The highest BCUT2D eigenvalue weighted by Crippen LogP contribution is 2.28. The van der Waals surface area contributed by atoms with Crippen LogP contribution in [0.25, 0.3) is 11.5 Å². The standard InChI is InChI=1S/C20H20N2O5/c1-12-5-7-14(8-6-12)19-22-21-18(27-19)13(2)26-20(23)16-10-9-15(24-3)11-17(16)25-4/h5-11,13H,1-4H3/t13-/m0/s1. The predicted octanol–water partition coefficient (Wildman–Crippen LogP) is 3.98. The number of nitrogens with zero attached hydrogens (tertiary/aromatic N) is 2. The zero-order valence-corrected chi connectivity index (χ0v) is 15.6. The Morgan fingerprint density at radius 1 is 1.04 bits per heavy atom. The minimum Gasteiger partial charge on any atom is -0.497 e. The molecule has 3 aromatic rings. The van der Waals surface area contributed by atoms with Crippen molar-refractivity contribution < 1.29 is 23.4 Å². The maximum absolute atomic E-state index is 12.5. The molecule has 7 nitrogen and oxygen atoms in total. The molecule has 0 fully saturated rings. The monoisotopic (exact) mass is 368 g/mol. The number of ether oxygens (including phenoxy) is 3. The molecule has 0 saturated carbocycles. The van der Waals surface area contributed by atoms with Crippen molar-refractivity contribution in [2.75, 3.05) is 14.2 Å². The van der Waals surface area contributed by atoms with Gasteiger partial charge in [0.2, 0.25) is 5.89 Å². The van der Waals surface area contributed by atoms with Gasteiger partial charge in [0.25, 0.3) is 5.89 Å². The van der Waals surface area contributed by atoms with E-state index in [0.29, 0.717) is 17.4 Å². The molecule has 1 heterocycles. The molecule has 0 bridgehead atoms. The molecule has 1 atom stereocenters. The van der Waals surface area contributed by atoms with Crippen LogP contribution in [0.3, 0.4) is 0 Å². The molecule has 1 aromatic heterocycles. The van der Waals surface area contributed by atoms with Gasteiger partial charge >= 0.3 is 5.97 Å². The summed E-state index contributed by atoms with van der Waals surface area (Å²) in [4.78, 5) is 12.5. The average Bonchev–Trinajstić information content (AvgIpc) is 3.18. The molecule has 0 radical (unpaired) electrons. The van der Waals surface area contributed by atoms with Gasteiger partial charge in [0.05, 0.1) is 14.2 Å². The number of aryl methyl sites for hydroxylation is 1. The molecule has 0 amide bonds. The van der Waals surface area contributed by atoms with Crippen LogP contribution in [0, 0.1) is 6.92 Å². The molecular weight excluding hydrogens is 348 g/mol. The van der Waals surface area contributed by atoms with Gasteiger partial charge in [0.1, 0.15) is 17.1 Å². The first-order chi connectivity index (χ1) is 13.0. The van der Waals surface area contributed by atoms with Crippen LogP contribution in [-0.4, -0.2) is 30.4 Å². The zero-order valence-electron chi connectivity index (χ0n) is 15.6. The fraction of sp³-hybridized carbons (Fsp3) is 0.250. The first-order valence-electron chi connectivity index (χ1n) is 8.35.